The second-order valence-electron chi connectivity index (χ2n) is 7.47. The summed E-state index contributed by atoms with van der Waals surface area (Å²) in [7, 11) is 0. The van der Waals surface area contributed by atoms with Crippen LogP contribution in [-0.2, 0) is 0 Å². The zero-order chi connectivity index (χ0) is 20.5. The number of rotatable bonds is 4. The van der Waals surface area contributed by atoms with E-state index < -0.39 is 0 Å². The number of nitrogens with zero attached hydrogens (tertiary/aromatic N) is 3. The van der Waals surface area contributed by atoms with Crippen molar-refractivity contribution in [1.29, 1.82) is 0 Å². The van der Waals surface area contributed by atoms with E-state index in [1.54, 1.807) is 0 Å². The lowest BCUT2D eigenvalue weighted by Crippen LogP contribution is -2.30. The molecule has 2 aromatic heterocycles. The smallest absolute Gasteiger partial charge is 0.174 e. The van der Waals surface area contributed by atoms with Gasteiger partial charge in [0, 0.05) is 29.5 Å². The Balaban J connectivity index is 1.67. The van der Waals surface area contributed by atoms with Crippen molar-refractivity contribution in [1.82, 2.24) is 14.9 Å². The molecule has 0 radical (unpaired) electrons. The van der Waals surface area contributed by atoms with E-state index in [0.29, 0.717) is 5.11 Å². The molecule has 148 valence electrons. The van der Waals surface area contributed by atoms with Crippen molar-refractivity contribution < 1.29 is 0 Å². The quantitative estimate of drug-likeness (QED) is 0.459. The number of para-hydroxylation sites is 1. The molecule has 4 nitrogen and oxygen atoms in total. The van der Waals surface area contributed by atoms with Crippen LogP contribution in [0.1, 0.15) is 29.0 Å². The first-order chi connectivity index (χ1) is 14.7. The molecule has 5 rings (SSSR count). The molecule has 30 heavy (non-hydrogen) atoms. The fraction of sp³-hybridized carbons (Fsp3) is 0.120. The third-order valence-electron chi connectivity index (χ3n) is 5.53. The zero-order valence-corrected chi connectivity index (χ0v) is 17.5. The van der Waals surface area contributed by atoms with Gasteiger partial charge in [0.05, 0.1) is 11.7 Å². The van der Waals surface area contributed by atoms with Crippen LogP contribution >= 0.6 is 12.2 Å². The summed E-state index contributed by atoms with van der Waals surface area (Å²) in [6.07, 6.45) is 3.94. The highest BCUT2D eigenvalue weighted by atomic mass is 32.1. The molecule has 3 heterocycles. The van der Waals surface area contributed by atoms with Crippen LogP contribution in [-0.4, -0.2) is 14.7 Å². The van der Waals surface area contributed by atoms with Gasteiger partial charge in [-0.2, -0.15) is 0 Å². The first-order valence-electron chi connectivity index (χ1n) is 10.0. The lowest BCUT2D eigenvalue weighted by molar-refractivity contribution is 0.549. The Kier molecular flexibility index (Phi) is 4.81. The molecule has 0 spiro atoms. The maximum Gasteiger partial charge on any atom is 0.174 e. The Hall–Kier alpha value is -3.44. The highest BCUT2D eigenvalue weighted by Crippen LogP contribution is 2.42. The van der Waals surface area contributed by atoms with Gasteiger partial charge in [-0.15, -0.1) is 0 Å². The lowest BCUT2D eigenvalue weighted by atomic mass is 10.0. The van der Waals surface area contributed by atoms with Gasteiger partial charge in [0.15, 0.2) is 5.11 Å². The Morgan fingerprint density at radius 2 is 1.60 bits per heavy atom. The predicted octanol–water partition coefficient (Wildman–Crippen LogP) is 5.36. The van der Waals surface area contributed by atoms with Crippen LogP contribution < -0.4 is 10.2 Å². The Morgan fingerprint density at radius 3 is 2.33 bits per heavy atom. The second kappa shape index (κ2) is 7.76. The van der Waals surface area contributed by atoms with Crippen LogP contribution in [0.3, 0.4) is 0 Å². The molecule has 2 atom stereocenters. The minimum absolute atomic E-state index is 0.0367. The minimum Gasteiger partial charge on any atom is -0.351 e. The number of hydrogen-bond donors (Lipinski definition) is 1. The van der Waals surface area contributed by atoms with Crippen molar-refractivity contribution >= 4 is 23.0 Å². The minimum atomic E-state index is -0.0580. The van der Waals surface area contributed by atoms with Crippen molar-refractivity contribution in [3.05, 3.63) is 114 Å². The summed E-state index contributed by atoms with van der Waals surface area (Å²) in [5.41, 5.74) is 5.55. The largest absolute Gasteiger partial charge is 0.351 e. The Morgan fingerprint density at radius 1 is 0.833 bits per heavy atom. The summed E-state index contributed by atoms with van der Waals surface area (Å²) in [5, 5.41) is 4.24. The number of anilines is 1. The molecule has 2 unspecified atom stereocenters. The molecule has 1 aliphatic heterocycles. The van der Waals surface area contributed by atoms with Gasteiger partial charge in [-0.3, -0.25) is 4.98 Å². The average Bonchev–Trinajstić information content (AvgIpc) is 3.40. The number of benzene rings is 2. The molecule has 0 aliphatic carbocycles. The van der Waals surface area contributed by atoms with Crippen LogP contribution in [0, 0.1) is 6.92 Å². The maximum absolute atomic E-state index is 5.82. The molecule has 0 saturated carbocycles. The van der Waals surface area contributed by atoms with E-state index in [4.69, 9.17) is 12.2 Å². The standard InChI is InChI=1S/C25H22N4S/c1-18-12-14-20(15-13-18)29-24(23(27-25(29)30)21-10-5-6-16-26-21)22-11-7-17-28(22)19-8-3-2-4-9-19/h2-17,23-24H,1H3,(H,27,30). The van der Waals surface area contributed by atoms with Gasteiger partial charge in [0.1, 0.15) is 6.04 Å². The van der Waals surface area contributed by atoms with Gasteiger partial charge < -0.3 is 14.8 Å². The van der Waals surface area contributed by atoms with Crippen molar-refractivity contribution in [2.24, 2.45) is 0 Å². The van der Waals surface area contributed by atoms with Gasteiger partial charge in [0.25, 0.3) is 0 Å². The van der Waals surface area contributed by atoms with Crippen LogP contribution in [0.15, 0.2) is 97.3 Å². The van der Waals surface area contributed by atoms with E-state index in [0.717, 1.165) is 22.8 Å². The topological polar surface area (TPSA) is 33.1 Å². The Bertz CT molecular complexity index is 1150. The van der Waals surface area contributed by atoms with Crippen LogP contribution in [0.5, 0.6) is 0 Å². The predicted molar refractivity (Wildman–Crippen MR) is 125 cm³/mol. The Labute approximate surface area is 181 Å². The second-order valence-corrected chi connectivity index (χ2v) is 7.86. The summed E-state index contributed by atoms with van der Waals surface area (Å²) in [6.45, 7) is 2.10. The number of pyridine rings is 1. The molecule has 0 bridgehead atoms. The summed E-state index contributed by atoms with van der Waals surface area (Å²) in [4.78, 5) is 6.85. The van der Waals surface area contributed by atoms with Crippen molar-refractivity contribution in [2.45, 2.75) is 19.0 Å². The van der Waals surface area contributed by atoms with E-state index >= 15 is 0 Å². The SMILES string of the molecule is Cc1ccc(N2C(=S)NC(c3ccccn3)C2c2cccn2-c2ccccc2)cc1. The van der Waals surface area contributed by atoms with Crippen molar-refractivity contribution in [3.63, 3.8) is 0 Å². The van der Waals surface area contributed by atoms with E-state index in [2.05, 4.69) is 99.6 Å². The summed E-state index contributed by atoms with van der Waals surface area (Å²) >= 11 is 5.82. The molecule has 5 heteroatoms. The van der Waals surface area contributed by atoms with Crippen LogP contribution in [0.2, 0.25) is 0 Å². The molecule has 1 aliphatic rings. The van der Waals surface area contributed by atoms with Crippen LogP contribution in [0.25, 0.3) is 5.69 Å². The normalized spacial score (nSPS) is 18.4. The monoisotopic (exact) mass is 410 g/mol. The molecule has 1 fully saturated rings. The van der Waals surface area contributed by atoms with E-state index in [1.165, 1.54) is 5.56 Å². The molecule has 1 saturated heterocycles. The third-order valence-corrected chi connectivity index (χ3v) is 5.84. The number of aromatic nitrogens is 2. The highest BCUT2D eigenvalue weighted by molar-refractivity contribution is 7.80. The average molecular weight is 411 g/mol. The summed E-state index contributed by atoms with van der Waals surface area (Å²) in [6, 6.07) is 29.1. The number of aryl methyl sites for hydroxylation is 1. The van der Waals surface area contributed by atoms with Gasteiger partial charge in [-0.25, -0.2) is 0 Å². The number of thiocarbonyl (C=S) groups is 1. The summed E-state index contributed by atoms with van der Waals surface area (Å²) in [5.74, 6) is 0. The molecule has 0 amide bonds. The number of nitrogens with one attached hydrogen (secondary N) is 1. The summed E-state index contributed by atoms with van der Waals surface area (Å²) < 4.78 is 2.23. The van der Waals surface area contributed by atoms with Gasteiger partial charge in [-0.05, 0) is 67.7 Å². The van der Waals surface area contributed by atoms with Crippen molar-refractivity contribution in [3.8, 4) is 5.69 Å². The molecule has 2 aromatic carbocycles. The molecule has 1 N–H and O–H groups in total. The van der Waals surface area contributed by atoms with Gasteiger partial charge in [0.2, 0.25) is 0 Å². The third kappa shape index (κ3) is 3.27. The van der Waals surface area contributed by atoms with E-state index in [-0.39, 0.29) is 12.1 Å². The first-order valence-corrected chi connectivity index (χ1v) is 10.4. The molecular weight excluding hydrogens is 388 g/mol. The number of hydrogen-bond acceptors (Lipinski definition) is 2. The maximum atomic E-state index is 5.82. The fourth-order valence-electron chi connectivity index (χ4n) is 4.10. The van der Waals surface area contributed by atoms with Gasteiger partial charge >= 0.3 is 0 Å². The van der Waals surface area contributed by atoms with Crippen molar-refractivity contribution in [2.75, 3.05) is 4.90 Å². The fourth-order valence-corrected chi connectivity index (χ4v) is 4.44. The van der Waals surface area contributed by atoms with E-state index in [1.807, 2.05) is 24.4 Å². The lowest BCUT2D eigenvalue weighted by Gasteiger charge is -2.29. The molecule has 4 aromatic rings. The first kappa shape index (κ1) is 18.6. The van der Waals surface area contributed by atoms with Crippen LogP contribution in [0.4, 0.5) is 5.69 Å². The van der Waals surface area contributed by atoms with E-state index in [9.17, 15) is 0 Å². The highest BCUT2D eigenvalue weighted by Gasteiger charge is 2.42. The molecular formula is C25H22N4S. The zero-order valence-electron chi connectivity index (χ0n) is 16.6. The van der Waals surface area contributed by atoms with Gasteiger partial charge in [-0.1, -0.05) is 42.0 Å².